The Hall–Kier alpha value is -2.02. The second-order valence-electron chi connectivity index (χ2n) is 8.66. The molecule has 1 heteroatoms. The summed E-state index contributed by atoms with van der Waals surface area (Å²) in [5.74, 6) is 0. The third-order valence-electron chi connectivity index (χ3n) is 6.67. The summed E-state index contributed by atoms with van der Waals surface area (Å²) < 4.78 is 0. The molecule has 2 aliphatic carbocycles. The lowest BCUT2D eigenvalue weighted by atomic mass is 9.84. The van der Waals surface area contributed by atoms with Crippen molar-refractivity contribution in [3.05, 3.63) is 81.6 Å². The lowest BCUT2D eigenvalue weighted by molar-refractivity contribution is 0.760. The van der Waals surface area contributed by atoms with Crippen molar-refractivity contribution in [2.24, 2.45) is 5.73 Å². The summed E-state index contributed by atoms with van der Waals surface area (Å²) >= 11 is 0. The van der Waals surface area contributed by atoms with Gasteiger partial charge < -0.3 is 5.73 Å². The first-order valence-electron chi connectivity index (χ1n) is 11.1. The molecular formula is C27H37N. The molecule has 0 amide bonds. The minimum absolute atomic E-state index is 0.223. The molecule has 0 heterocycles. The van der Waals surface area contributed by atoms with Gasteiger partial charge in [0.15, 0.2) is 0 Å². The molecule has 0 radical (unpaired) electrons. The van der Waals surface area contributed by atoms with Gasteiger partial charge in [0.25, 0.3) is 0 Å². The van der Waals surface area contributed by atoms with Gasteiger partial charge in [0.1, 0.15) is 0 Å². The predicted octanol–water partition coefficient (Wildman–Crippen LogP) is 7.51. The van der Waals surface area contributed by atoms with Crippen molar-refractivity contribution in [3.63, 3.8) is 0 Å². The van der Waals surface area contributed by atoms with Crippen LogP contribution in [0.1, 0.15) is 84.6 Å². The number of unbranched alkanes of at least 4 members (excludes halogenated alkanes) is 1. The average Bonchev–Trinajstić information content (AvgIpc) is 3.50. The molecule has 0 bridgehead atoms. The first-order chi connectivity index (χ1) is 13.5. The van der Waals surface area contributed by atoms with E-state index in [1.165, 1.54) is 53.5 Å². The fraction of sp³-hybridized carbons (Fsp3) is 0.481. The van der Waals surface area contributed by atoms with Gasteiger partial charge in [0.05, 0.1) is 0 Å². The zero-order valence-electron chi connectivity index (χ0n) is 18.3. The Morgan fingerprint density at radius 3 is 2.25 bits per heavy atom. The topological polar surface area (TPSA) is 26.0 Å². The number of nitrogens with two attached hydrogens (primary N) is 1. The molecule has 150 valence electrons. The van der Waals surface area contributed by atoms with Crippen LogP contribution in [0.4, 0.5) is 0 Å². The van der Waals surface area contributed by atoms with Crippen LogP contribution in [0.25, 0.3) is 0 Å². The highest BCUT2D eigenvalue weighted by Crippen LogP contribution is 2.50. The number of hydrogen-bond donors (Lipinski definition) is 1. The smallest absolute Gasteiger partial charge is 0.0422 e. The average molecular weight is 376 g/mol. The molecule has 0 saturated heterocycles. The molecular weight excluding hydrogens is 338 g/mol. The van der Waals surface area contributed by atoms with Gasteiger partial charge in [-0.3, -0.25) is 0 Å². The summed E-state index contributed by atoms with van der Waals surface area (Å²) in [5, 5.41) is 0. The Bertz CT molecular complexity index is 813. The van der Waals surface area contributed by atoms with Gasteiger partial charge in [0, 0.05) is 11.1 Å². The van der Waals surface area contributed by atoms with E-state index >= 15 is 0 Å². The number of allylic oxidation sites excluding steroid dienone is 6. The van der Waals surface area contributed by atoms with E-state index < -0.39 is 0 Å². The number of hydrogen-bond acceptors (Lipinski definition) is 1. The van der Waals surface area contributed by atoms with E-state index in [1.54, 1.807) is 5.57 Å². The molecule has 1 nitrogen and oxygen atoms in total. The lowest BCUT2D eigenvalue weighted by Gasteiger charge is -2.23. The Morgan fingerprint density at radius 1 is 0.964 bits per heavy atom. The minimum atomic E-state index is 0.223. The fourth-order valence-corrected chi connectivity index (χ4v) is 4.53. The molecule has 2 aliphatic rings. The van der Waals surface area contributed by atoms with Crippen molar-refractivity contribution in [2.75, 3.05) is 0 Å². The molecule has 28 heavy (non-hydrogen) atoms. The van der Waals surface area contributed by atoms with Gasteiger partial charge in [-0.2, -0.15) is 0 Å². The fourth-order valence-electron chi connectivity index (χ4n) is 4.53. The van der Waals surface area contributed by atoms with Gasteiger partial charge in [-0.25, -0.2) is 0 Å². The van der Waals surface area contributed by atoms with E-state index in [9.17, 15) is 0 Å². The van der Waals surface area contributed by atoms with E-state index in [1.807, 2.05) is 0 Å². The minimum Gasteiger partial charge on any atom is -0.398 e. The molecule has 0 aliphatic heterocycles. The Kier molecular flexibility index (Phi) is 6.65. The van der Waals surface area contributed by atoms with Crippen LogP contribution < -0.4 is 5.73 Å². The van der Waals surface area contributed by atoms with Gasteiger partial charge in [-0.15, -0.1) is 0 Å². The highest BCUT2D eigenvalue weighted by Gasteiger charge is 2.41. The third-order valence-corrected chi connectivity index (χ3v) is 6.67. The SMILES string of the molecule is CCCCC1=C(C)CC/C(C)=C(/C=C/C2(c3ccccc3)CC2)C(N)=C1CC. The molecule has 1 saturated carbocycles. The first-order valence-corrected chi connectivity index (χ1v) is 11.1. The summed E-state index contributed by atoms with van der Waals surface area (Å²) in [7, 11) is 0. The molecule has 3 rings (SSSR count). The Labute approximate surface area is 172 Å². The molecule has 1 aromatic rings. The Morgan fingerprint density at radius 2 is 1.64 bits per heavy atom. The Balaban J connectivity index is 1.97. The maximum absolute atomic E-state index is 6.84. The largest absolute Gasteiger partial charge is 0.398 e. The van der Waals surface area contributed by atoms with Crippen molar-refractivity contribution in [1.29, 1.82) is 0 Å². The molecule has 0 unspecified atom stereocenters. The van der Waals surface area contributed by atoms with Crippen LogP contribution in [0.5, 0.6) is 0 Å². The van der Waals surface area contributed by atoms with E-state index in [0.29, 0.717) is 0 Å². The maximum Gasteiger partial charge on any atom is 0.0422 e. The van der Waals surface area contributed by atoms with Crippen LogP contribution in [-0.4, -0.2) is 0 Å². The normalized spacial score (nSPS) is 22.6. The summed E-state index contributed by atoms with van der Waals surface area (Å²) in [6.07, 6.45) is 14.2. The van der Waals surface area contributed by atoms with Gasteiger partial charge in [-0.1, -0.05) is 73.9 Å². The molecule has 0 atom stereocenters. The zero-order valence-corrected chi connectivity index (χ0v) is 18.3. The second kappa shape index (κ2) is 8.99. The third kappa shape index (κ3) is 4.35. The summed E-state index contributed by atoms with van der Waals surface area (Å²) in [4.78, 5) is 0. The van der Waals surface area contributed by atoms with E-state index in [0.717, 1.165) is 31.4 Å². The highest BCUT2D eigenvalue weighted by molar-refractivity contribution is 5.53. The van der Waals surface area contributed by atoms with Crippen molar-refractivity contribution >= 4 is 0 Å². The maximum atomic E-state index is 6.84. The monoisotopic (exact) mass is 375 g/mol. The van der Waals surface area contributed by atoms with Crippen molar-refractivity contribution in [1.82, 2.24) is 0 Å². The van der Waals surface area contributed by atoms with E-state index in [4.69, 9.17) is 5.73 Å². The molecule has 0 spiro atoms. The quantitative estimate of drug-likeness (QED) is 0.524. The summed E-state index contributed by atoms with van der Waals surface area (Å²) in [6.45, 7) is 9.11. The van der Waals surface area contributed by atoms with Crippen molar-refractivity contribution < 1.29 is 0 Å². The number of rotatable bonds is 7. The van der Waals surface area contributed by atoms with Crippen molar-refractivity contribution in [2.45, 2.75) is 84.5 Å². The molecule has 1 fully saturated rings. The first kappa shape index (κ1) is 20.7. The highest BCUT2D eigenvalue weighted by atomic mass is 14.6. The lowest BCUT2D eigenvalue weighted by Crippen LogP contribution is -2.12. The van der Waals surface area contributed by atoms with Crippen LogP contribution in [0.15, 0.2) is 76.0 Å². The molecule has 1 aromatic carbocycles. The van der Waals surface area contributed by atoms with E-state index in [-0.39, 0.29) is 5.41 Å². The van der Waals surface area contributed by atoms with Gasteiger partial charge >= 0.3 is 0 Å². The van der Waals surface area contributed by atoms with Gasteiger partial charge in [0.2, 0.25) is 0 Å². The van der Waals surface area contributed by atoms with Gasteiger partial charge in [-0.05, 0) is 81.1 Å². The van der Waals surface area contributed by atoms with Crippen LogP contribution in [-0.2, 0) is 5.41 Å². The second-order valence-corrected chi connectivity index (χ2v) is 8.66. The van der Waals surface area contributed by atoms with Crippen LogP contribution >= 0.6 is 0 Å². The zero-order chi connectivity index (χ0) is 20.1. The summed E-state index contributed by atoms with van der Waals surface area (Å²) in [5.41, 5.74) is 16.7. The number of benzene rings is 1. The van der Waals surface area contributed by atoms with E-state index in [2.05, 4.69) is 70.2 Å². The molecule has 0 aromatic heterocycles. The predicted molar refractivity (Wildman–Crippen MR) is 122 cm³/mol. The molecule has 2 N–H and O–H groups in total. The van der Waals surface area contributed by atoms with Crippen LogP contribution in [0, 0.1) is 0 Å². The van der Waals surface area contributed by atoms with Crippen LogP contribution in [0.3, 0.4) is 0 Å². The van der Waals surface area contributed by atoms with Crippen LogP contribution in [0.2, 0.25) is 0 Å². The standard InChI is InChI=1S/C27H37N/c1-5-7-13-24-20(3)14-15-21(4)25(26(28)23(24)6-2)16-17-27(18-19-27)22-11-9-8-10-12-22/h8-12,16-17H,5-7,13-15,18-19,28H2,1-4H3/b17-16+,24-20?,25-21-,26-23?. The summed E-state index contributed by atoms with van der Waals surface area (Å²) in [6, 6.07) is 10.9. The van der Waals surface area contributed by atoms with Crippen molar-refractivity contribution in [3.8, 4) is 0 Å².